The second kappa shape index (κ2) is 6.99. The zero-order chi connectivity index (χ0) is 16.3. The van der Waals surface area contributed by atoms with Crippen LogP contribution >= 0.6 is 0 Å². The van der Waals surface area contributed by atoms with Crippen molar-refractivity contribution < 1.29 is 25.2 Å². The van der Waals surface area contributed by atoms with Crippen molar-refractivity contribution in [2.75, 3.05) is 18.9 Å². The molecule has 9 heteroatoms. The summed E-state index contributed by atoms with van der Waals surface area (Å²) in [5.74, 6) is 0.00202. The first-order valence-corrected chi connectivity index (χ1v) is 6.78. The largest absolute Gasteiger partial charge is 0.396 e. The van der Waals surface area contributed by atoms with Gasteiger partial charge in [-0.2, -0.15) is 4.98 Å². The zero-order valence-electron chi connectivity index (χ0n) is 11.7. The highest BCUT2D eigenvalue weighted by Crippen LogP contribution is 2.28. The molecule has 0 unspecified atom stereocenters. The first kappa shape index (κ1) is 16.6. The highest BCUT2D eigenvalue weighted by molar-refractivity contribution is 5.59. The molecule has 0 bridgehead atoms. The van der Waals surface area contributed by atoms with Crippen LogP contribution in [0.2, 0.25) is 0 Å². The Labute approximate surface area is 125 Å². The summed E-state index contributed by atoms with van der Waals surface area (Å²) in [4.78, 5) is 15.6. The molecule has 1 fully saturated rings. The maximum Gasteiger partial charge on any atom is 0.351 e. The molecule has 4 atom stereocenters. The molecule has 0 saturated carbocycles. The third kappa shape index (κ3) is 3.18. The highest BCUT2D eigenvalue weighted by Gasteiger charge is 2.43. The maximum atomic E-state index is 11.9. The molecule has 1 aromatic rings. The number of aromatic nitrogens is 2. The van der Waals surface area contributed by atoms with Gasteiger partial charge < -0.3 is 30.9 Å². The van der Waals surface area contributed by atoms with Crippen LogP contribution in [0, 0.1) is 0 Å². The van der Waals surface area contributed by atoms with Crippen LogP contribution < -0.4 is 11.4 Å². The topological polar surface area (TPSA) is 151 Å². The Hall–Kier alpha value is -1.78. The van der Waals surface area contributed by atoms with Gasteiger partial charge in [0.15, 0.2) is 6.23 Å². The molecule has 2 rings (SSSR count). The number of ether oxygens (including phenoxy) is 1. The summed E-state index contributed by atoms with van der Waals surface area (Å²) in [7, 11) is 0. The van der Waals surface area contributed by atoms with E-state index in [1.807, 2.05) is 0 Å². The van der Waals surface area contributed by atoms with Gasteiger partial charge in [0.25, 0.3) is 0 Å². The van der Waals surface area contributed by atoms with Crippen LogP contribution in [0.15, 0.2) is 17.1 Å². The number of nitrogen functional groups attached to an aromatic ring is 1. The zero-order valence-corrected chi connectivity index (χ0v) is 11.7. The molecule has 0 aliphatic carbocycles. The van der Waals surface area contributed by atoms with Crippen LogP contribution in [0.5, 0.6) is 0 Å². The van der Waals surface area contributed by atoms with Gasteiger partial charge in [-0.1, -0.05) is 12.2 Å². The van der Waals surface area contributed by atoms with Gasteiger partial charge in [-0.25, -0.2) is 4.79 Å². The minimum absolute atomic E-state index is 0.00202. The number of rotatable bonds is 5. The van der Waals surface area contributed by atoms with E-state index in [0.717, 1.165) is 4.57 Å². The number of aliphatic hydroxyl groups excluding tert-OH is 4. The lowest BCUT2D eigenvalue weighted by molar-refractivity contribution is -0.0549. The Morgan fingerprint density at radius 1 is 1.36 bits per heavy atom. The molecule has 9 nitrogen and oxygen atoms in total. The fourth-order valence-electron chi connectivity index (χ4n) is 2.20. The molecule has 1 aliphatic rings. The molecule has 1 aliphatic heterocycles. The van der Waals surface area contributed by atoms with E-state index >= 15 is 0 Å². The second-order valence-corrected chi connectivity index (χ2v) is 4.91. The first-order chi connectivity index (χ1) is 10.5. The number of hydrogen-bond donors (Lipinski definition) is 5. The Morgan fingerprint density at radius 3 is 2.68 bits per heavy atom. The van der Waals surface area contributed by atoms with E-state index in [-0.39, 0.29) is 12.4 Å². The molecule has 0 radical (unpaired) electrons. The van der Waals surface area contributed by atoms with Crippen molar-refractivity contribution in [1.82, 2.24) is 9.55 Å². The summed E-state index contributed by atoms with van der Waals surface area (Å²) in [6.45, 7) is -0.520. The lowest BCUT2D eigenvalue weighted by Crippen LogP contribution is -2.36. The van der Waals surface area contributed by atoms with Gasteiger partial charge in [0.05, 0.1) is 6.61 Å². The Kier molecular flexibility index (Phi) is 5.27. The van der Waals surface area contributed by atoms with Crippen LogP contribution in [0.3, 0.4) is 0 Å². The average Bonchev–Trinajstić information content (AvgIpc) is 2.77. The van der Waals surface area contributed by atoms with Crippen molar-refractivity contribution in [3.05, 3.63) is 28.3 Å². The van der Waals surface area contributed by atoms with Crippen molar-refractivity contribution in [2.24, 2.45) is 0 Å². The SMILES string of the molecule is Nc1nc(=O)n([C@@H]2O[C@H](CO)[C@@H](O)[C@@H]2O)cc1C=CCCO. The number of hydrogen-bond acceptors (Lipinski definition) is 8. The average molecular weight is 313 g/mol. The quantitative estimate of drug-likeness (QED) is 0.412. The minimum atomic E-state index is -1.38. The van der Waals surface area contributed by atoms with Gasteiger partial charge >= 0.3 is 5.69 Å². The predicted molar refractivity (Wildman–Crippen MR) is 76.7 cm³/mol. The van der Waals surface area contributed by atoms with Gasteiger partial charge in [-0.3, -0.25) is 4.57 Å². The van der Waals surface area contributed by atoms with Crippen LogP contribution in [0.1, 0.15) is 18.2 Å². The fraction of sp³-hybridized carbons (Fsp3) is 0.538. The third-order valence-electron chi connectivity index (χ3n) is 3.40. The summed E-state index contributed by atoms with van der Waals surface area (Å²) in [6.07, 6.45) is 0.138. The van der Waals surface area contributed by atoms with Crippen molar-refractivity contribution in [2.45, 2.75) is 31.0 Å². The van der Waals surface area contributed by atoms with Gasteiger partial charge in [-0.05, 0) is 6.42 Å². The first-order valence-electron chi connectivity index (χ1n) is 6.78. The molecule has 6 N–H and O–H groups in total. The summed E-state index contributed by atoms with van der Waals surface area (Å²) in [5, 5.41) is 37.5. The van der Waals surface area contributed by atoms with Gasteiger partial charge in [-0.15, -0.1) is 0 Å². The van der Waals surface area contributed by atoms with Gasteiger partial charge in [0.1, 0.15) is 24.1 Å². The molecule has 0 amide bonds. The number of aliphatic hydroxyl groups is 4. The summed E-state index contributed by atoms with van der Waals surface area (Å²) < 4.78 is 6.30. The van der Waals surface area contributed by atoms with E-state index < -0.39 is 36.8 Å². The van der Waals surface area contributed by atoms with Gasteiger partial charge in [0.2, 0.25) is 0 Å². The summed E-state index contributed by atoms with van der Waals surface area (Å²) in [5.41, 5.74) is 5.32. The highest BCUT2D eigenvalue weighted by atomic mass is 16.6. The monoisotopic (exact) mass is 313 g/mol. The predicted octanol–water partition coefficient (Wildman–Crippen LogP) is -2.17. The second-order valence-electron chi connectivity index (χ2n) is 4.91. The Bertz CT molecular complexity index is 602. The van der Waals surface area contributed by atoms with Crippen LogP contribution in [0.25, 0.3) is 6.08 Å². The lowest BCUT2D eigenvalue weighted by atomic mass is 10.1. The maximum absolute atomic E-state index is 11.9. The minimum Gasteiger partial charge on any atom is -0.396 e. The molecule has 2 heterocycles. The summed E-state index contributed by atoms with van der Waals surface area (Å²) in [6, 6.07) is 0. The Morgan fingerprint density at radius 2 is 2.09 bits per heavy atom. The molecule has 0 aromatic carbocycles. The van der Waals surface area contributed by atoms with Gasteiger partial charge in [0, 0.05) is 18.4 Å². The van der Waals surface area contributed by atoms with E-state index in [1.165, 1.54) is 6.20 Å². The molecule has 1 aromatic heterocycles. The van der Waals surface area contributed by atoms with Crippen molar-refractivity contribution >= 4 is 11.9 Å². The van der Waals surface area contributed by atoms with E-state index in [2.05, 4.69) is 4.98 Å². The van der Waals surface area contributed by atoms with E-state index in [0.29, 0.717) is 12.0 Å². The smallest absolute Gasteiger partial charge is 0.351 e. The fourth-order valence-corrected chi connectivity index (χ4v) is 2.20. The van der Waals surface area contributed by atoms with E-state index in [4.69, 9.17) is 20.7 Å². The van der Waals surface area contributed by atoms with Crippen molar-refractivity contribution in [3.63, 3.8) is 0 Å². The van der Waals surface area contributed by atoms with Crippen molar-refractivity contribution in [3.8, 4) is 0 Å². The van der Waals surface area contributed by atoms with E-state index in [1.54, 1.807) is 12.2 Å². The molecular formula is C13H19N3O6. The molecule has 22 heavy (non-hydrogen) atoms. The molecule has 122 valence electrons. The van der Waals surface area contributed by atoms with Crippen LogP contribution in [-0.4, -0.2) is 61.5 Å². The molecule has 1 saturated heterocycles. The molecular weight excluding hydrogens is 294 g/mol. The number of anilines is 1. The summed E-state index contributed by atoms with van der Waals surface area (Å²) >= 11 is 0. The lowest BCUT2D eigenvalue weighted by Gasteiger charge is -2.18. The van der Waals surface area contributed by atoms with Crippen molar-refractivity contribution in [1.29, 1.82) is 0 Å². The van der Waals surface area contributed by atoms with E-state index in [9.17, 15) is 15.0 Å². The number of nitrogens with zero attached hydrogens (tertiary/aromatic N) is 2. The normalized spacial score (nSPS) is 28.5. The molecule has 0 spiro atoms. The third-order valence-corrected chi connectivity index (χ3v) is 3.40. The van der Waals surface area contributed by atoms with Crippen LogP contribution in [0.4, 0.5) is 5.82 Å². The number of nitrogens with two attached hydrogens (primary N) is 1. The van der Waals surface area contributed by atoms with Crippen LogP contribution in [-0.2, 0) is 4.74 Å². The Balaban J connectivity index is 2.35. The standard InChI is InChI=1S/C13H19N3O6/c14-11-7(3-1-2-4-17)5-16(13(21)15-11)12-10(20)9(19)8(6-18)22-12/h1,3,5,8-10,12,17-20H,2,4,6H2,(H2,14,15,21)/t8-,9-,10+,12-/m1/s1.